The van der Waals surface area contributed by atoms with Crippen LogP contribution in [0.2, 0.25) is 0 Å². The minimum Gasteiger partial charge on any atom is -0.357 e. The van der Waals surface area contributed by atoms with Crippen molar-refractivity contribution in [3.05, 3.63) is 34.3 Å². The largest absolute Gasteiger partial charge is 0.357 e. The number of rotatable bonds is 7. The molecular formula is C15H25BrIN3O2S. The highest BCUT2D eigenvalue weighted by atomic mass is 127. The Morgan fingerprint density at radius 2 is 2.00 bits per heavy atom. The Labute approximate surface area is 165 Å². The highest BCUT2D eigenvalue weighted by Gasteiger charge is 2.08. The maximum Gasteiger partial charge on any atom is 0.193 e. The molecule has 0 amide bonds. The van der Waals surface area contributed by atoms with Crippen LogP contribution in [0.4, 0.5) is 0 Å². The molecule has 0 atom stereocenters. The molecule has 0 unspecified atom stereocenters. The van der Waals surface area contributed by atoms with Gasteiger partial charge in [-0.3, -0.25) is 4.99 Å². The minimum atomic E-state index is -2.92. The van der Waals surface area contributed by atoms with Crippen molar-refractivity contribution >= 4 is 55.7 Å². The first-order chi connectivity index (χ1) is 10.3. The lowest BCUT2D eigenvalue weighted by Gasteiger charge is -2.22. The first-order valence-electron chi connectivity index (χ1n) is 7.24. The molecule has 0 aliphatic heterocycles. The molecule has 1 aromatic rings. The predicted molar refractivity (Wildman–Crippen MR) is 111 cm³/mol. The Kier molecular flexibility index (Phi) is 11.1. The third kappa shape index (κ3) is 9.51. The zero-order chi connectivity index (χ0) is 16.6. The molecule has 132 valence electrons. The van der Waals surface area contributed by atoms with Crippen LogP contribution in [0.15, 0.2) is 33.7 Å². The van der Waals surface area contributed by atoms with Crippen molar-refractivity contribution in [2.75, 3.05) is 32.1 Å². The fraction of sp³-hybridized carbons (Fsp3) is 0.533. The maximum atomic E-state index is 11.1. The summed E-state index contributed by atoms with van der Waals surface area (Å²) >= 11 is 3.54. The number of aliphatic imine (C=N–C) groups is 1. The molecule has 1 aromatic carbocycles. The van der Waals surface area contributed by atoms with Crippen molar-refractivity contribution in [2.24, 2.45) is 4.99 Å². The van der Waals surface area contributed by atoms with Crippen LogP contribution in [0.25, 0.3) is 0 Å². The number of hydrogen-bond acceptors (Lipinski definition) is 3. The molecule has 5 nitrogen and oxygen atoms in total. The van der Waals surface area contributed by atoms with Gasteiger partial charge in [0.05, 0.1) is 5.75 Å². The van der Waals surface area contributed by atoms with Crippen molar-refractivity contribution in [3.8, 4) is 0 Å². The molecule has 0 radical (unpaired) electrons. The van der Waals surface area contributed by atoms with Crippen LogP contribution in [0.3, 0.4) is 0 Å². The van der Waals surface area contributed by atoms with E-state index in [2.05, 4.69) is 32.3 Å². The highest BCUT2D eigenvalue weighted by Crippen LogP contribution is 2.17. The normalized spacial score (nSPS) is 11.7. The smallest absolute Gasteiger partial charge is 0.193 e. The van der Waals surface area contributed by atoms with E-state index in [1.54, 1.807) is 0 Å². The molecule has 0 fully saturated rings. The Bertz CT molecular complexity index is 608. The van der Waals surface area contributed by atoms with Gasteiger partial charge in [-0.1, -0.05) is 34.1 Å². The van der Waals surface area contributed by atoms with Crippen molar-refractivity contribution in [1.82, 2.24) is 10.2 Å². The van der Waals surface area contributed by atoms with Crippen molar-refractivity contribution in [3.63, 3.8) is 0 Å². The molecule has 0 aromatic heterocycles. The van der Waals surface area contributed by atoms with Crippen LogP contribution < -0.4 is 5.32 Å². The van der Waals surface area contributed by atoms with Gasteiger partial charge >= 0.3 is 0 Å². The molecule has 23 heavy (non-hydrogen) atoms. The summed E-state index contributed by atoms with van der Waals surface area (Å²) in [5.41, 5.74) is 1.17. The number of hydrogen-bond donors (Lipinski definition) is 1. The first-order valence-corrected chi connectivity index (χ1v) is 10.1. The molecule has 0 saturated carbocycles. The van der Waals surface area contributed by atoms with Crippen molar-refractivity contribution in [1.29, 1.82) is 0 Å². The van der Waals surface area contributed by atoms with Crippen LogP contribution in [-0.2, 0) is 16.4 Å². The zero-order valence-electron chi connectivity index (χ0n) is 13.8. The maximum absolute atomic E-state index is 11.1. The average Bonchev–Trinajstić information content (AvgIpc) is 2.43. The lowest BCUT2D eigenvalue weighted by Crippen LogP contribution is -2.38. The van der Waals surface area contributed by atoms with Crippen LogP contribution in [0.5, 0.6) is 0 Å². The Hall–Kier alpha value is -0.350. The van der Waals surface area contributed by atoms with Gasteiger partial charge in [-0.05, 0) is 25.0 Å². The molecule has 0 aliphatic rings. The monoisotopic (exact) mass is 517 g/mol. The van der Waals surface area contributed by atoms with E-state index in [0.29, 0.717) is 13.0 Å². The van der Waals surface area contributed by atoms with Crippen molar-refractivity contribution < 1.29 is 8.42 Å². The van der Waals surface area contributed by atoms with Gasteiger partial charge in [-0.2, -0.15) is 0 Å². The van der Waals surface area contributed by atoms with E-state index in [1.807, 2.05) is 37.1 Å². The van der Waals surface area contributed by atoms with Gasteiger partial charge in [-0.25, -0.2) is 8.42 Å². The average molecular weight is 518 g/mol. The van der Waals surface area contributed by atoms with Gasteiger partial charge in [-0.15, -0.1) is 24.0 Å². The summed E-state index contributed by atoms with van der Waals surface area (Å²) in [5, 5.41) is 3.23. The number of guanidine groups is 1. The van der Waals surface area contributed by atoms with Gasteiger partial charge in [0, 0.05) is 37.4 Å². The molecule has 0 saturated heterocycles. The summed E-state index contributed by atoms with van der Waals surface area (Å²) in [6.07, 6.45) is 1.79. The van der Waals surface area contributed by atoms with E-state index >= 15 is 0 Å². The van der Waals surface area contributed by atoms with Crippen LogP contribution in [0, 0.1) is 0 Å². The van der Waals surface area contributed by atoms with E-state index in [4.69, 9.17) is 0 Å². The van der Waals surface area contributed by atoms with E-state index in [9.17, 15) is 8.42 Å². The summed E-state index contributed by atoms with van der Waals surface area (Å²) < 4.78 is 23.3. The second-order valence-electron chi connectivity index (χ2n) is 5.17. The van der Waals surface area contributed by atoms with Crippen LogP contribution in [0.1, 0.15) is 18.9 Å². The second-order valence-corrected chi connectivity index (χ2v) is 8.28. The summed E-state index contributed by atoms with van der Waals surface area (Å²) in [5.74, 6) is 0.955. The number of halogens is 2. The molecule has 1 N–H and O–H groups in total. The zero-order valence-corrected chi connectivity index (χ0v) is 18.5. The number of nitrogens with zero attached hydrogens (tertiary/aromatic N) is 2. The second kappa shape index (κ2) is 11.2. The summed E-state index contributed by atoms with van der Waals surface area (Å²) in [6, 6.07) is 8.06. The summed E-state index contributed by atoms with van der Waals surface area (Å²) in [4.78, 5) is 6.53. The van der Waals surface area contributed by atoms with Crippen LogP contribution in [-0.4, -0.2) is 51.4 Å². The first kappa shape index (κ1) is 22.6. The molecule has 0 spiro atoms. The topological polar surface area (TPSA) is 61.8 Å². The molecule has 0 heterocycles. The van der Waals surface area contributed by atoms with Gasteiger partial charge in [0.2, 0.25) is 0 Å². The molecule has 0 bridgehead atoms. The highest BCUT2D eigenvalue weighted by molar-refractivity contribution is 14.0. The van der Waals surface area contributed by atoms with E-state index in [-0.39, 0.29) is 29.7 Å². The van der Waals surface area contributed by atoms with Crippen molar-refractivity contribution in [2.45, 2.75) is 19.9 Å². The fourth-order valence-electron chi connectivity index (χ4n) is 1.94. The molecular weight excluding hydrogens is 493 g/mol. The molecule has 1 rings (SSSR count). The van der Waals surface area contributed by atoms with Crippen LogP contribution >= 0.6 is 39.9 Å². The molecule has 8 heteroatoms. The number of nitrogens with one attached hydrogen (secondary N) is 1. The lowest BCUT2D eigenvalue weighted by atomic mass is 10.2. The SMILES string of the molecule is CCNC(=NCCCS(C)(=O)=O)N(C)Cc1ccccc1Br.I. The number of benzene rings is 1. The summed E-state index contributed by atoms with van der Waals surface area (Å²) in [6.45, 7) is 4.00. The third-order valence-electron chi connectivity index (χ3n) is 3.00. The van der Waals surface area contributed by atoms with Gasteiger partial charge in [0.15, 0.2) is 5.96 Å². The Morgan fingerprint density at radius 1 is 1.35 bits per heavy atom. The third-order valence-corrected chi connectivity index (χ3v) is 4.80. The van der Waals surface area contributed by atoms with E-state index in [0.717, 1.165) is 23.5 Å². The Balaban J connectivity index is 0.00000484. The fourth-order valence-corrected chi connectivity index (χ4v) is 3.00. The Morgan fingerprint density at radius 3 is 2.57 bits per heavy atom. The van der Waals surface area contributed by atoms with Gasteiger partial charge in [0.25, 0.3) is 0 Å². The van der Waals surface area contributed by atoms with Gasteiger partial charge in [0.1, 0.15) is 9.84 Å². The predicted octanol–water partition coefficient (Wildman–Crippen LogP) is 2.90. The number of sulfone groups is 1. The molecule has 0 aliphatic carbocycles. The van der Waals surface area contributed by atoms with Gasteiger partial charge < -0.3 is 10.2 Å². The van der Waals surface area contributed by atoms with E-state index < -0.39 is 9.84 Å². The standard InChI is InChI=1S/C15H24BrN3O2S.HI/c1-4-17-15(18-10-7-11-22(3,20)21)19(2)12-13-8-5-6-9-14(13)16;/h5-6,8-9H,4,7,10-12H2,1-3H3,(H,17,18);1H. The summed E-state index contributed by atoms with van der Waals surface area (Å²) in [7, 11) is -0.948. The quantitative estimate of drug-likeness (QED) is 0.261. The minimum absolute atomic E-state index is 0. The lowest BCUT2D eigenvalue weighted by molar-refractivity contribution is 0.476. The van der Waals surface area contributed by atoms with E-state index in [1.165, 1.54) is 11.8 Å².